The van der Waals surface area contributed by atoms with Crippen molar-refractivity contribution in [1.29, 1.82) is 0 Å². The van der Waals surface area contributed by atoms with Gasteiger partial charge in [-0.3, -0.25) is 14.9 Å². The molecule has 2 atom stereocenters. The lowest BCUT2D eigenvalue weighted by atomic mass is 9.70. The van der Waals surface area contributed by atoms with Gasteiger partial charge < -0.3 is 0 Å². The molecule has 1 amide bonds. The second-order valence-electron chi connectivity index (χ2n) is 7.30. The summed E-state index contributed by atoms with van der Waals surface area (Å²) in [6.45, 7) is 6.80. The van der Waals surface area contributed by atoms with Gasteiger partial charge in [0.2, 0.25) is 0 Å². The third-order valence-electron chi connectivity index (χ3n) is 6.14. The molecule has 0 unspecified atom stereocenters. The Hall–Kier alpha value is -2.24. The van der Waals surface area contributed by atoms with Gasteiger partial charge in [0.05, 0.1) is 4.92 Å². The number of hydrogen-bond donors (Lipinski definition) is 1. The SMILES string of the molecule is CC1(C)[C@@H]2CC[C@]1(C)/C(=N/NC(=O)c1ccc([N+](=O)[O-])cc1)C2. The van der Waals surface area contributed by atoms with Gasteiger partial charge in [-0.15, -0.1) is 0 Å². The Bertz CT molecular complexity index is 694. The van der Waals surface area contributed by atoms with E-state index in [1.54, 1.807) is 0 Å². The van der Waals surface area contributed by atoms with Crippen LogP contribution in [-0.2, 0) is 0 Å². The van der Waals surface area contributed by atoms with Gasteiger partial charge in [-0.1, -0.05) is 20.8 Å². The Morgan fingerprint density at radius 3 is 2.43 bits per heavy atom. The molecule has 2 aliphatic carbocycles. The molecule has 2 saturated carbocycles. The predicted molar refractivity (Wildman–Crippen MR) is 87.2 cm³/mol. The van der Waals surface area contributed by atoms with Gasteiger partial charge in [0.1, 0.15) is 0 Å². The summed E-state index contributed by atoms with van der Waals surface area (Å²) in [5.41, 5.74) is 4.27. The highest BCUT2D eigenvalue weighted by Crippen LogP contribution is 2.63. The molecule has 0 spiro atoms. The van der Waals surface area contributed by atoms with Gasteiger partial charge in [-0.25, -0.2) is 5.43 Å². The van der Waals surface area contributed by atoms with E-state index in [2.05, 4.69) is 31.3 Å². The van der Waals surface area contributed by atoms with Crippen LogP contribution in [0.25, 0.3) is 0 Å². The first-order chi connectivity index (χ1) is 10.8. The molecule has 1 aromatic carbocycles. The number of carbonyl (C=O) groups excluding carboxylic acids is 1. The van der Waals surface area contributed by atoms with Crippen LogP contribution in [0.1, 0.15) is 50.4 Å². The minimum atomic E-state index is -0.486. The zero-order chi connectivity index (χ0) is 16.8. The molecule has 2 fully saturated rings. The number of hydrazone groups is 1. The third kappa shape index (κ3) is 2.33. The van der Waals surface area contributed by atoms with Crippen molar-refractivity contribution in [2.45, 2.75) is 40.0 Å². The van der Waals surface area contributed by atoms with Crippen molar-refractivity contribution >= 4 is 17.3 Å². The number of amides is 1. The van der Waals surface area contributed by atoms with Crippen LogP contribution in [0, 0.1) is 26.9 Å². The van der Waals surface area contributed by atoms with Crippen molar-refractivity contribution in [3.63, 3.8) is 0 Å². The van der Waals surface area contributed by atoms with E-state index in [9.17, 15) is 14.9 Å². The van der Waals surface area contributed by atoms with E-state index >= 15 is 0 Å². The normalized spacial score (nSPS) is 29.7. The van der Waals surface area contributed by atoms with Crippen LogP contribution in [0.4, 0.5) is 5.69 Å². The average Bonchev–Trinajstić information content (AvgIpc) is 2.85. The minimum absolute atomic E-state index is 0.0322. The monoisotopic (exact) mass is 315 g/mol. The number of hydrogen-bond acceptors (Lipinski definition) is 4. The molecule has 23 heavy (non-hydrogen) atoms. The zero-order valence-electron chi connectivity index (χ0n) is 13.6. The largest absolute Gasteiger partial charge is 0.271 e. The summed E-state index contributed by atoms with van der Waals surface area (Å²) in [5.74, 6) is 0.291. The van der Waals surface area contributed by atoms with Crippen LogP contribution in [0.15, 0.2) is 29.4 Å². The fourth-order valence-corrected chi connectivity index (χ4v) is 4.01. The lowest BCUT2D eigenvalue weighted by Gasteiger charge is -2.34. The van der Waals surface area contributed by atoms with E-state index in [4.69, 9.17) is 0 Å². The van der Waals surface area contributed by atoms with E-state index in [0.29, 0.717) is 11.5 Å². The van der Waals surface area contributed by atoms with E-state index in [-0.39, 0.29) is 22.4 Å². The van der Waals surface area contributed by atoms with Crippen LogP contribution < -0.4 is 5.43 Å². The predicted octanol–water partition coefficient (Wildman–Crippen LogP) is 3.53. The molecule has 0 aliphatic heterocycles. The number of rotatable bonds is 3. The molecule has 2 bridgehead atoms. The van der Waals surface area contributed by atoms with E-state index < -0.39 is 4.92 Å². The van der Waals surface area contributed by atoms with Gasteiger partial charge in [-0.05, 0) is 42.7 Å². The summed E-state index contributed by atoms with van der Waals surface area (Å²) in [6.07, 6.45) is 3.26. The first-order valence-electron chi connectivity index (χ1n) is 7.87. The zero-order valence-corrected chi connectivity index (χ0v) is 13.6. The summed E-state index contributed by atoms with van der Waals surface area (Å²) in [7, 11) is 0. The number of non-ortho nitro benzene ring substituents is 1. The Morgan fingerprint density at radius 2 is 1.96 bits per heavy atom. The number of nitro groups is 1. The van der Waals surface area contributed by atoms with Crippen LogP contribution in [0.5, 0.6) is 0 Å². The molecular weight excluding hydrogens is 294 g/mol. The van der Waals surface area contributed by atoms with Crippen molar-refractivity contribution in [2.75, 3.05) is 0 Å². The van der Waals surface area contributed by atoms with Crippen LogP contribution >= 0.6 is 0 Å². The fourth-order valence-electron chi connectivity index (χ4n) is 4.01. The number of benzene rings is 1. The molecular formula is C17H21N3O3. The Labute approximate surface area is 135 Å². The number of nitro benzene ring substituents is 1. The highest BCUT2D eigenvalue weighted by molar-refractivity contribution is 5.98. The average molecular weight is 315 g/mol. The Balaban J connectivity index is 1.73. The molecule has 0 aromatic heterocycles. The molecule has 1 N–H and O–H groups in total. The maximum absolute atomic E-state index is 12.2. The van der Waals surface area contributed by atoms with Crippen molar-refractivity contribution in [3.8, 4) is 0 Å². The number of nitrogens with one attached hydrogen (secondary N) is 1. The van der Waals surface area contributed by atoms with Crippen LogP contribution in [-0.4, -0.2) is 16.5 Å². The molecule has 6 heteroatoms. The maximum atomic E-state index is 12.2. The van der Waals surface area contributed by atoms with Gasteiger partial charge in [0.25, 0.3) is 11.6 Å². The molecule has 2 aliphatic rings. The topological polar surface area (TPSA) is 84.6 Å². The molecule has 6 nitrogen and oxygen atoms in total. The summed E-state index contributed by atoms with van der Waals surface area (Å²) in [4.78, 5) is 22.3. The van der Waals surface area contributed by atoms with Gasteiger partial charge in [0, 0.05) is 28.8 Å². The summed E-state index contributed by atoms with van der Waals surface area (Å²) in [6, 6.07) is 5.54. The molecule has 0 saturated heterocycles. The number of fused-ring (bicyclic) bond motifs is 2. The summed E-state index contributed by atoms with van der Waals surface area (Å²) >= 11 is 0. The second kappa shape index (κ2) is 5.15. The molecule has 0 heterocycles. The highest BCUT2D eigenvalue weighted by atomic mass is 16.6. The minimum Gasteiger partial charge on any atom is -0.267 e. The Morgan fingerprint density at radius 1 is 1.30 bits per heavy atom. The maximum Gasteiger partial charge on any atom is 0.271 e. The lowest BCUT2D eigenvalue weighted by Crippen LogP contribution is -2.34. The lowest BCUT2D eigenvalue weighted by molar-refractivity contribution is -0.384. The molecule has 122 valence electrons. The van der Waals surface area contributed by atoms with Crippen molar-refractivity contribution in [1.82, 2.24) is 5.43 Å². The molecule has 0 radical (unpaired) electrons. The van der Waals surface area contributed by atoms with Crippen molar-refractivity contribution in [2.24, 2.45) is 21.8 Å². The summed E-state index contributed by atoms with van der Waals surface area (Å²) in [5, 5.41) is 15.0. The smallest absolute Gasteiger partial charge is 0.267 e. The van der Waals surface area contributed by atoms with E-state index in [1.165, 1.54) is 30.7 Å². The number of carbonyl (C=O) groups is 1. The number of nitrogens with zero attached hydrogens (tertiary/aromatic N) is 2. The van der Waals surface area contributed by atoms with Crippen molar-refractivity contribution in [3.05, 3.63) is 39.9 Å². The highest BCUT2D eigenvalue weighted by Gasteiger charge is 2.59. The standard InChI is InChI=1S/C17H21N3O3/c1-16(2)12-8-9-17(16,3)14(10-12)18-19-15(21)11-4-6-13(7-5-11)20(22)23/h4-7,12H,8-10H2,1-3H3,(H,19,21)/b18-14+/t12-,17-/m1/s1. The second-order valence-corrected chi connectivity index (χ2v) is 7.30. The molecule has 1 aromatic rings. The fraction of sp³-hybridized carbons (Fsp3) is 0.529. The van der Waals surface area contributed by atoms with Crippen molar-refractivity contribution < 1.29 is 9.72 Å². The van der Waals surface area contributed by atoms with Gasteiger partial charge in [0.15, 0.2) is 0 Å². The first-order valence-corrected chi connectivity index (χ1v) is 7.87. The van der Waals surface area contributed by atoms with Crippen LogP contribution in [0.3, 0.4) is 0 Å². The molecule has 3 rings (SSSR count). The van der Waals surface area contributed by atoms with Gasteiger partial charge >= 0.3 is 0 Å². The quantitative estimate of drug-likeness (QED) is 0.684. The van der Waals surface area contributed by atoms with Crippen LogP contribution in [0.2, 0.25) is 0 Å². The van der Waals surface area contributed by atoms with Gasteiger partial charge in [-0.2, -0.15) is 5.10 Å². The Kier molecular flexibility index (Phi) is 3.50. The summed E-state index contributed by atoms with van der Waals surface area (Å²) < 4.78 is 0. The first kappa shape index (κ1) is 15.6. The third-order valence-corrected chi connectivity index (χ3v) is 6.14. The van der Waals surface area contributed by atoms with E-state index in [0.717, 1.165) is 18.6 Å². The van der Waals surface area contributed by atoms with E-state index in [1.807, 2.05) is 0 Å².